The molecule has 0 atom stereocenters. The lowest BCUT2D eigenvalue weighted by Crippen LogP contribution is -2.07. The topological polar surface area (TPSA) is 76.9 Å². The van der Waals surface area contributed by atoms with Gasteiger partial charge in [-0.2, -0.15) is 0 Å². The van der Waals surface area contributed by atoms with Gasteiger partial charge in [-0.3, -0.25) is 0 Å². The van der Waals surface area contributed by atoms with E-state index in [-0.39, 0.29) is 6.79 Å². The predicted octanol–water partition coefficient (Wildman–Crippen LogP) is 2.67. The molecule has 0 bridgehead atoms. The van der Waals surface area contributed by atoms with Crippen LogP contribution >= 0.6 is 0 Å². The van der Waals surface area contributed by atoms with Crippen LogP contribution in [0.15, 0.2) is 36.5 Å². The molecule has 0 saturated carbocycles. The molecule has 0 saturated heterocycles. The fraction of sp³-hybridized carbons (Fsp3) is 0.300. The van der Waals surface area contributed by atoms with Gasteiger partial charge >= 0.3 is 0 Å². The van der Waals surface area contributed by atoms with Crippen LogP contribution in [0.2, 0.25) is 0 Å². The smallest absolute Gasteiger partial charge is 0.231 e. The first-order chi connectivity index (χ1) is 13.7. The Bertz CT molecular complexity index is 961. The molecular formula is C20H21N3O5. The molecule has 28 heavy (non-hydrogen) atoms. The number of rotatable bonds is 7. The summed E-state index contributed by atoms with van der Waals surface area (Å²) in [6, 6.07) is 9.73. The number of ether oxygens (including phenoxy) is 5. The Morgan fingerprint density at radius 3 is 2.39 bits per heavy atom. The van der Waals surface area contributed by atoms with Crippen LogP contribution < -0.4 is 23.7 Å². The number of hydrogen-bond donors (Lipinski definition) is 0. The lowest BCUT2D eigenvalue weighted by Gasteiger charge is -2.14. The van der Waals surface area contributed by atoms with Crippen LogP contribution in [0, 0.1) is 0 Å². The van der Waals surface area contributed by atoms with E-state index in [1.165, 1.54) is 0 Å². The van der Waals surface area contributed by atoms with Crippen molar-refractivity contribution in [2.24, 2.45) is 0 Å². The van der Waals surface area contributed by atoms with E-state index in [1.54, 1.807) is 27.5 Å². The Morgan fingerprint density at radius 2 is 1.68 bits per heavy atom. The highest BCUT2D eigenvalue weighted by atomic mass is 16.7. The summed E-state index contributed by atoms with van der Waals surface area (Å²) in [4.78, 5) is 0. The molecule has 1 aliphatic rings. The zero-order chi connectivity index (χ0) is 19.5. The largest absolute Gasteiger partial charge is 0.493 e. The van der Waals surface area contributed by atoms with Gasteiger partial charge in [0.15, 0.2) is 23.0 Å². The van der Waals surface area contributed by atoms with Crippen molar-refractivity contribution >= 4 is 0 Å². The van der Waals surface area contributed by atoms with E-state index in [4.69, 9.17) is 23.7 Å². The lowest BCUT2D eigenvalue weighted by molar-refractivity contribution is 0.174. The summed E-state index contributed by atoms with van der Waals surface area (Å²) in [6.07, 6.45) is 2.38. The second-order valence-electron chi connectivity index (χ2n) is 6.28. The molecule has 4 rings (SSSR count). The first-order valence-electron chi connectivity index (χ1n) is 8.76. The number of nitrogens with zero attached hydrogens (tertiary/aromatic N) is 3. The van der Waals surface area contributed by atoms with Crippen molar-refractivity contribution in [1.29, 1.82) is 0 Å². The van der Waals surface area contributed by atoms with Gasteiger partial charge in [-0.25, -0.2) is 4.68 Å². The molecular weight excluding hydrogens is 362 g/mol. The molecule has 0 spiro atoms. The molecule has 0 amide bonds. The zero-order valence-corrected chi connectivity index (χ0v) is 16.0. The minimum Gasteiger partial charge on any atom is -0.493 e. The maximum Gasteiger partial charge on any atom is 0.231 e. The molecule has 0 N–H and O–H groups in total. The van der Waals surface area contributed by atoms with Gasteiger partial charge in [0.1, 0.15) is 0 Å². The van der Waals surface area contributed by atoms with Crippen LogP contribution in [0.1, 0.15) is 16.8 Å². The van der Waals surface area contributed by atoms with Gasteiger partial charge in [0, 0.05) is 6.42 Å². The first kappa shape index (κ1) is 18.0. The standard InChI is InChI=1S/C20H21N3O5/c1-24-18-8-14(9-19(25-2)20(18)26-3)6-15-10-21-22-23(15)11-13-4-5-16-17(7-13)28-12-27-16/h4-5,7-10H,6,11-12H2,1-3H3. The monoisotopic (exact) mass is 383 g/mol. The molecule has 0 fully saturated rings. The average molecular weight is 383 g/mol. The summed E-state index contributed by atoms with van der Waals surface area (Å²) >= 11 is 0. The number of fused-ring (bicyclic) bond motifs is 1. The zero-order valence-electron chi connectivity index (χ0n) is 16.0. The Kier molecular flexibility index (Phi) is 4.92. The molecule has 0 radical (unpaired) electrons. The normalized spacial score (nSPS) is 12.1. The molecule has 146 valence electrons. The molecule has 8 nitrogen and oxygen atoms in total. The summed E-state index contributed by atoms with van der Waals surface area (Å²) in [7, 11) is 4.80. The maximum atomic E-state index is 5.45. The second-order valence-corrected chi connectivity index (χ2v) is 6.28. The van der Waals surface area contributed by atoms with Crippen LogP contribution in [0.4, 0.5) is 0 Å². The third-order valence-corrected chi connectivity index (χ3v) is 4.58. The van der Waals surface area contributed by atoms with Crippen molar-refractivity contribution in [2.45, 2.75) is 13.0 Å². The Labute approximate surface area is 162 Å². The van der Waals surface area contributed by atoms with Crippen LogP contribution in [-0.2, 0) is 13.0 Å². The quantitative estimate of drug-likeness (QED) is 0.621. The van der Waals surface area contributed by atoms with Crippen LogP contribution in [0.25, 0.3) is 0 Å². The summed E-state index contributed by atoms with van der Waals surface area (Å²) in [5, 5.41) is 8.30. The van der Waals surface area contributed by atoms with Crippen molar-refractivity contribution in [3.05, 3.63) is 53.3 Å². The van der Waals surface area contributed by atoms with E-state index >= 15 is 0 Å². The van der Waals surface area contributed by atoms with Gasteiger partial charge < -0.3 is 23.7 Å². The molecule has 0 unspecified atom stereocenters. The van der Waals surface area contributed by atoms with Crippen LogP contribution in [0.3, 0.4) is 0 Å². The van der Waals surface area contributed by atoms with Crippen molar-refractivity contribution < 1.29 is 23.7 Å². The number of methoxy groups -OCH3 is 3. The molecule has 1 aromatic heterocycles. The molecule has 8 heteroatoms. The van der Waals surface area contributed by atoms with Crippen LogP contribution in [0.5, 0.6) is 28.7 Å². The minimum atomic E-state index is 0.258. The minimum absolute atomic E-state index is 0.258. The van der Waals surface area contributed by atoms with Gasteiger partial charge in [-0.1, -0.05) is 11.3 Å². The molecule has 2 aromatic carbocycles. The predicted molar refractivity (Wildman–Crippen MR) is 101 cm³/mol. The van der Waals surface area contributed by atoms with Crippen molar-refractivity contribution in [3.8, 4) is 28.7 Å². The Hall–Kier alpha value is -3.42. The summed E-state index contributed by atoms with van der Waals surface area (Å²) in [5.41, 5.74) is 3.02. The van der Waals surface area contributed by atoms with E-state index in [1.807, 2.05) is 35.0 Å². The number of benzene rings is 2. The molecule has 2 heterocycles. The van der Waals surface area contributed by atoms with E-state index in [0.717, 1.165) is 28.3 Å². The molecule has 1 aliphatic heterocycles. The van der Waals surface area contributed by atoms with E-state index < -0.39 is 0 Å². The molecule has 3 aromatic rings. The van der Waals surface area contributed by atoms with Crippen molar-refractivity contribution in [3.63, 3.8) is 0 Å². The van der Waals surface area contributed by atoms with E-state index in [0.29, 0.717) is 30.2 Å². The van der Waals surface area contributed by atoms with Crippen molar-refractivity contribution in [1.82, 2.24) is 15.0 Å². The Morgan fingerprint density at radius 1 is 0.929 bits per heavy atom. The van der Waals surface area contributed by atoms with Gasteiger partial charge in [-0.15, -0.1) is 5.10 Å². The third-order valence-electron chi connectivity index (χ3n) is 4.58. The van der Waals surface area contributed by atoms with Gasteiger partial charge in [-0.05, 0) is 35.4 Å². The number of hydrogen-bond acceptors (Lipinski definition) is 7. The van der Waals surface area contributed by atoms with Crippen LogP contribution in [-0.4, -0.2) is 43.1 Å². The van der Waals surface area contributed by atoms with Gasteiger partial charge in [0.05, 0.1) is 39.8 Å². The maximum absolute atomic E-state index is 5.45. The second kappa shape index (κ2) is 7.67. The Balaban J connectivity index is 1.58. The van der Waals surface area contributed by atoms with E-state index in [9.17, 15) is 0 Å². The first-order valence-corrected chi connectivity index (χ1v) is 8.76. The van der Waals surface area contributed by atoms with E-state index in [2.05, 4.69) is 10.3 Å². The number of aromatic nitrogens is 3. The fourth-order valence-electron chi connectivity index (χ4n) is 3.21. The average Bonchev–Trinajstić information content (AvgIpc) is 3.36. The lowest BCUT2D eigenvalue weighted by atomic mass is 10.1. The van der Waals surface area contributed by atoms with Gasteiger partial charge in [0.25, 0.3) is 0 Å². The third kappa shape index (κ3) is 3.40. The summed E-state index contributed by atoms with van der Waals surface area (Å²) in [6.45, 7) is 0.838. The fourth-order valence-corrected chi connectivity index (χ4v) is 3.21. The highest BCUT2D eigenvalue weighted by molar-refractivity contribution is 5.54. The SMILES string of the molecule is COc1cc(Cc2cnnn2Cc2ccc3c(c2)OCO3)cc(OC)c1OC. The van der Waals surface area contributed by atoms with Crippen molar-refractivity contribution in [2.75, 3.05) is 28.1 Å². The summed E-state index contributed by atoms with van der Waals surface area (Å²) in [5.74, 6) is 3.32. The van der Waals surface area contributed by atoms with Gasteiger partial charge in [0.2, 0.25) is 12.5 Å². The summed E-state index contributed by atoms with van der Waals surface area (Å²) < 4.78 is 28.9. The molecule has 0 aliphatic carbocycles. The highest BCUT2D eigenvalue weighted by Crippen LogP contribution is 2.38. The highest BCUT2D eigenvalue weighted by Gasteiger charge is 2.16.